The third kappa shape index (κ3) is 3.96. The van der Waals surface area contributed by atoms with Crippen LogP contribution in [0.1, 0.15) is 44.7 Å². The number of methoxy groups -OCH3 is 1. The van der Waals surface area contributed by atoms with Gasteiger partial charge in [-0.1, -0.05) is 13.0 Å². The van der Waals surface area contributed by atoms with Gasteiger partial charge in [0.05, 0.1) is 17.7 Å². The fourth-order valence-electron chi connectivity index (χ4n) is 2.72. The molecule has 2 rings (SSSR count). The van der Waals surface area contributed by atoms with Crippen LogP contribution in [0.15, 0.2) is 22.7 Å². The molecule has 1 aromatic rings. The highest BCUT2D eigenvalue weighted by Crippen LogP contribution is 2.28. The average molecular weight is 342 g/mol. The van der Waals surface area contributed by atoms with Crippen LogP contribution in [-0.4, -0.2) is 25.9 Å². The number of ether oxygens (including phenoxy) is 2. The summed E-state index contributed by atoms with van der Waals surface area (Å²) in [5.41, 5.74) is 1.28. The van der Waals surface area contributed by atoms with Gasteiger partial charge in [0.2, 0.25) is 0 Å². The van der Waals surface area contributed by atoms with Crippen molar-refractivity contribution in [3.63, 3.8) is 0 Å². The minimum Gasteiger partial charge on any atom is -0.496 e. The molecule has 1 aliphatic rings. The SMILES string of the molecule is CCC1CC(NC(C)c2ccc(OC)c(Br)c2)CCO1. The van der Waals surface area contributed by atoms with E-state index in [1.54, 1.807) is 7.11 Å². The van der Waals surface area contributed by atoms with Gasteiger partial charge in [-0.2, -0.15) is 0 Å². The van der Waals surface area contributed by atoms with Gasteiger partial charge < -0.3 is 14.8 Å². The fourth-order valence-corrected chi connectivity index (χ4v) is 3.28. The molecule has 0 aromatic heterocycles. The Labute approximate surface area is 130 Å². The molecule has 0 spiro atoms. The van der Waals surface area contributed by atoms with Crippen LogP contribution in [0.25, 0.3) is 0 Å². The molecule has 1 aliphatic heterocycles. The number of hydrogen-bond donors (Lipinski definition) is 1. The first kappa shape index (κ1) is 15.8. The molecule has 112 valence electrons. The number of hydrogen-bond acceptors (Lipinski definition) is 3. The van der Waals surface area contributed by atoms with E-state index in [4.69, 9.17) is 9.47 Å². The quantitative estimate of drug-likeness (QED) is 0.875. The first-order chi connectivity index (χ1) is 9.63. The molecular formula is C16H24BrNO2. The molecule has 0 amide bonds. The Kier molecular flexibility index (Phi) is 5.87. The summed E-state index contributed by atoms with van der Waals surface area (Å²) in [7, 11) is 1.69. The first-order valence-corrected chi connectivity index (χ1v) is 8.14. The van der Waals surface area contributed by atoms with Crippen molar-refractivity contribution in [3.05, 3.63) is 28.2 Å². The molecule has 3 nitrogen and oxygen atoms in total. The van der Waals surface area contributed by atoms with Gasteiger partial charge in [-0.05, 0) is 59.8 Å². The smallest absolute Gasteiger partial charge is 0.133 e. The lowest BCUT2D eigenvalue weighted by molar-refractivity contribution is -0.00165. The standard InChI is InChI=1S/C16H24BrNO2/c1-4-14-10-13(7-8-20-14)18-11(2)12-5-6-16(19-3)15(17)9-12/h5-6,9,11,13-14,18H,4,7-8,10H2,1-3H3. The normalized spacial score (nSPS) is 24.4. The maximum absolute atomic E-state index is 5.73. The summed E-state index contributed by atoms with van der Waals surface area (Å²) in [4.78, 5) is 0. The largest absolute Gasteiger partial charge is 0.496 e. The van der Waals surface area contributed by atoms with Crippen LogP contribution in [0.4, 0.5) is 0 Å². The van der Waals surface area contributed by atoms with E-state index in [1.165, 1.54) is 5.56 Å². The molecule has 1 saturated heterocycles. The van der Waals surface area contributed by atoms with Crippen LogP contribution in [0.5, 0.6) is 5.75 Å². The van der Waals surface area contributed by atoms with Crippen LogP contribution in [-0.2, 0) is 4.74 Å². The van der Waals surface area contributed by atoms with Gasteiger partial charge in [0.1, 0.15) is 5.75 Å². The second-order valence-electron chi connectivity index (χ2n) is 5.40. The zero-order valence-electron chi connectivity index (χ0n) is 12.5. The zero-order valence-corrected chi connectivity index (χ0v) is 14.1. The summed E-state index contributed by atoms with van der Waals surface area (Å²) < 4.78 is 12.0. The lowest BCUT2D eigenvalue weighted by Crippen LogP contribution is -2.39. The Hall–Kier alpha value is -0.580. The van der Waals surface area contributed by atoms with E-state index in [1.807, 2.05) is 6.07 Å². The second kappa shape index (κ2) is 7.43. The van der Waals surface area contributed by atoms with E-state index < -0.39 is 0 Å². The summed E-state index contributed by atoms with van der Waals surface area (Å²) in [6, 6.07) is 7.14. The molecule has 0 aliphatic carbocycles. The third-order valence-electron chi connectivity index (χ3n) is 3.98. The molecule has 0 bridgehead atoms. The predicted octanol–water partition coefficient (Wildman–Crippen LogP) is 4.07. The molecule has 3 unspecified atom stereocenters. The van der Waals surface area contributed by atoms with E-state index in [0.717, 1.165) is 36.1 Å². The zero-order chi connectivity index (χ0) is 14.5. The Morgan fingerprint density at radius 3 is 2.95 bits per heavy atom. The highest BCUT2D eigenvalue weighted by atomic mass is 79.9. The number of halogens is 1. The van der Waals surface area contributed by atoms with E-state index in [-0.39, 0.29) is 0 Å². The molecule has 4 heteroatoms. The van der Waals surface area contributed by atoms with E-state index in [0.29, 0.717) is 18.2 Å². The fraction of sp³-hybridized carbons (Fsp3) is 0.625. The molecule has 0 saturated carbocycles. The Bertz CT molecular complexity index is 438. The number of benzene rings is 1. The third-order valence-corrected chi connectivity index (χ3v) is 4.60. The summed E-state index contributed by atoms with van der Waals surface area (Å²) in [6.45, 7) is 5.27. The van der Waals surface area contributed by atoms with Gasteiger partial charge in [-0.25, -0.2) is 0 Å². The van der Waals surface area contributed by atoms with Gasteiger partial charge in [-0.3, -0.25) is 0 Å². The topological polar surface area (TPSA) is 30.5 Å². The Morgan fingerprint density at radius 1 is 1.50 bits per heavy atom. The Morgan fingerprint density at radius 2 is 2.30 bits per heavy atom. The molecule has 3 atom stereocenters. The molecule has 0 radical (unpaired) electrons. The summed E-state index contributed by atoms with van der Waals surface area (Å²) >= 11 is 3.55. The van der Waals surface area contributed by atoms with Crippen molar-refractivity contribution in [1.29, 1.82) is 0 Å². The van der Waals surface area contributed by atoms with Crippen molar-refractivity contribution in [2.24, 2.45) is 0 Å². The lowest BCUT2D eigenvalue weighted by atomic mass is 9.99. The summed E-state index contributed by atoms with van der Waals surface area (Å²) in [6.07, 6.45) is 3.72. The van der Waals surface area contributed by atoms with Crippen molar-refractivity contribution in [2.75, 3.05) is 13.7 Å². The van der Waals surface area contributed by atoms with Crippen LogP contribution in [0.3, 0.4) is 0 Å². The summed E-state index contributed by atoms with van der Waals surface area (Å²) in [5.74, 6) is 0.873. The lowest BCUT2D eigenvalue weighted by Gasteiger charge is -2.32. The van der Waals surface area contributed by atoms with Crippen LogP contribution < -0.4 is 10.1 Å². The van der Waals surface area contributed by atoms with Gasteiger partial charge in [0.15, 0.2) is 0 Å². The van der Waals surface area contributed by atoms with E-state index in [2.05, 4.69) is 47.2 Å². The van der Waals surface area contributed by atoms with Gasteiger partial charge >= 0.3 is 0 Å². The van der Waals surface area contributed by atoms with Gasteiger partial charge in [-0.15, -0.1) is 0 Å². The average Bonchev–Trinajstić information content (AvgIpc) is 2.47. The van der Waals surface area contributed by atoms with Crippen molar-refractivity contribution >= 4 is 15.9 Å². The molecule has 1 aromatic carbocycles. The van der Waals surface area contributed by atoms with Crippen molar-refractivity contribution in [3.8, 4) is 5.75 Å². The maximum Gasteiger partial charge on any atom is 0.133 e. The maximum atomic E-state index is 5.73. The Balaban J connectivity index is 1.97. The first-order valence-electron chi connectivity index (χ1n) is 7.35. The molecular weight excluding hydrogens is 318 g/mol. The van der Waals surface area contributed by atoms with E-state index >= 15 is 0 Å². The molecule has 20 heavy (non-hydrogen) atoms. The monoisotopic (exact) mass is 341 g/mol. The molecule has 1 fully saturated rings. The number of nitrogens with one attached hydrogen (secondary N) is 1. The van der Waals surface area contributed by atoms with Crippen LogP contribution in [0.2, 0.25) is 0 Å². The molecule has 1 N–H and O–H groups in total. The van der Waals surface area contributed by atoms with Gasteiger partial charge in [0, 0.05) is 18.7 Å². The van der Waals surface area contributed by atoms with Crippen molar-refractivity contribution in [2.45, 2.75) is 51.3 Å². The van der Waals surface area contributed by atoms with Crippen molar-refractivity contribution < 1.29 is 9.47 Å². The minimum absolute atomic E-state index is 0.331. The highest BCUT2D eigenvalue weighted by Gasteiger charge is 2.22. The minimum atomic E-state index is 0.331. The second-order valence-corrected chi connectivity index (χ2v) is 6.26. The molecule has 1 heterocycles. The van der Waals surface area contributed by atoms with E-state index in [9.17, 15) is 0 Å². The predicted molar refractivity (Wildman–Crippen MR) is 85.3 cm³/mol. The van der Waals surface area contributed by atoms with Gasteiger partial charge in [0.25, 0.3) is 0 Å². The van der Waals surface area contributed by atoms with Crippen LogP contribution in [0, 0.1) is 0 Å². The summed E-state index contributed by atoms with van der Waals surface area (Å²) in [5, 5.41) is 3.72. The van der Waals surface area contributed by atoms with Crippen LogP contribution >= 0.6 is 15.9 Å². The van der Waals surface area contributed by atoms with Crippen molar-refractivity contribution in [1.82, 2.24) is 5.32 Å². The highest BCUT2D eigenvalue weighted by molar-refractivity contribution is 9.10. The number of rotatable bonds is 5.